The average Bonchev–Trinajstić information content (AvgIpc) is 2.15. The second kappa shape index (κ2) is 5.64. The van der Waals surface area contributed by atoms with Gasteiger partial charge >= 0.3 is 0 Å². The molecule has 0 saturated heterocycles. The van der Waals surface area contributed by atoms with E-state index in [4.69, 9.17) is 0 Å². The molecule has 1 aliphatic carbocycles. The zero-order chi connectivity index (χ0) is 11.4. The maximum absolute atomic E-state index is 11.1. The van der Waals surface area contributed by atoms with Gasteiger partial charge in [-0.25, -0.2) is 0 Å². The van der Waals surface area contributed by atoms with Crippen LogP contribution in [0.2, 0.25) is 0 Å². The van der Waals surface area contributed by atoms with Gasteiger partial charge in [-0.1, -0.05) is 19.8 Å². The van der Waals surface area contributed by atoms with Crippen molar-refractivity contribution < 1.29 is 4.79 Å². The number of carbonyl (C=O) groups is 1. The molecule has 2 heteroatoms. The number of ketones is 1. The topological polar surface area (TPSA) is 20.3 Å². The average molecular weight is 211 g/mol. The van der Waals surface area contributed by atoms with Crippen LogP contribution in [0, 0.1) is 5.92 Å². The second-order valence-corrected chi connectivity index (χ2v) is 5.35. The summed E-state index contributed by atoms with van der Waals surface area (Å²) in [4.78, 5) is 13.5. The molecule has 0 aromatic heterocycles. The van der Waals surface area contributed by atoms with Crippen molar-refractivity contribution in [3.05, 3.63) is 0 Å². The molecule has 1 rings (SSSR count). The smallest absolute Gasteiger partial charge is 0.131 e. The molecule has 0 heterocycles. The normalized spacial score (nSPS) is 29.1. The van der Waals surface area contributed by atoms with Crippen molar-refractivity contribution in [3.8, 4) is 0 Å². The summed E-state index contributed by atoms with van der Waals surface area (Å²) in [7, 11) is 2.18. The van der Waals surface area contributed by atoms with Gasteiger partial charge in [0.25, 0.3) is 0 Å². The Balaban J connectivity index is 2.43. The van der Waals surface area contributed by atoms with Gasteiger partial charge in [0.05, 0.1) is 0 Å². The van der Waals surface area contributed by atoms with E-state index in [0.29, 0.717) is 24.3 Å². The molecular weight excluding hydrogens is 186 g/mol. The molecule has 1 saturated carbocycles. The molecule has 0 N–H and O–H groups in total. The van der Waals surface area contributed by atoms with Crippen molar-refractivity contribution in [1.29, 1.82) is 0 Å². The van der Waals surface area contributed by atoms with Crippen molar-refractivity contribution >= 4 is 5.78 Å². The Morgan fingerprint density at radius 2 is 2.13 bits per heavy atom. The standard InChI is InChI=1S/C13H25NO/c1-10-6-5-7-13(8-10)14(4)11(2)9-12(3)15/h10-11,13H,5-9H2,1-4H3. The highest BCUT2D eigenvalue weighted by Crippen LogP contribution is 2.27. The predicted octanol–water partition coefficient (Wildman–Crippen LogP) is 2.86. The highest BCUT2D eigenvalue weighted by Gasteiger charge is 2.25. The van der Waals surface area contributed by atoms with Gasteiger partial charge in [-0.2, -0.15) is 0 Å². The van der Waals surface area contributed by atoms with E-state index in [2.05, 4.69) is 25.8 Å². The van der Waals surface area contributed by atoms with Crippen LogP contribution in [0.1, 0.15) is 52.9 Å². The SMILES string of the molecule is CC(=O)CC(C)N(C)C1CCCC(C)C1. The molecule has 15 heavy (non-hydrogen) atoms. The Labute approximate surface area is 94.0 Å². The molecule has 0 aromatic rings. The number of carbonyl (C=O) groups excluding carboxylic acids is 1. The van der Waals surface area contributed by atoms with Crippen molar-refractivity contribution in [2.45, 2.75) is 65.0 Å². The van der Waals surface area contributed by atoms with Gasteiger partial charge in [0.1, 0.15) is 5.78 Å². The van der Waals surface area contributed by atoms with Crippen LogP contribution in [0.15, 0.2) is 0 Å². The molecule has 0 spiro atoms. The summed E-state index contributed by atoms with van der Waals surface area (Å²) >= 11 is 0. The van der Waals surface area contributed by atoms with Gasteiger partial charge in [0.15, 0.2) is 0 Å². The molecule has 88 valence electrons. The Kier molecular flexibility index (Phi) is 4.78. The quantitative estimate of drug-likeness (QED) is 0.712. The molecule has 0 bridgehead atoms. The molecule has 0 radical (unpaired) electrons. The van der Waals surface area contributed by atoms with Gasteiger partial charge in [0, 0.05) is 18.5 Å². The summed E-state index contributed by atoms with van der Waals surface area (Å²) in [5.41, 5.74) is 0. The second-order valence-electron chi connectivity index (χ2n) is 5.35. The predicted molar refractivity (Wildman–Crippen MR) is 63.9 cm³/mol. The van der Waals surface area contributed by atoms with Crippen LogP contribution in [0.4, 0.5) is 0 Å². The van der Waals surface area contributed by atoms with Crippen LogP contribution < -0.4 is 0 Å². The summed E-state index contributed by atoms with van der Waals surface area (Å²) in [6.45, 7) is 6.20. The Bertz CT molecular complexity index is 215. The Hall–Kier alpha value is -0.370. The molecule has 0 aliphatic heterocycles. The zero-order valence-electron chi connectivity index (χ0n) is 10.6. The van der Waals surface area contributed by atoms with E-state index in [1.54, 1.807) is 6.92 Å². The summed E-state index contributed by atoms with van der Waals surface area (Å²) in [6, 6.07) is 1.10. The fourth-order valence-electron chi connectivity index (χ4n) is 2.69. The lowest BCUT2D eigenvalue weighted by molar-refractivity contribution is -0.118. The van der Waals surface area contributed by atoms with Crippen LogP contribution in [0.3, 0.4) is 0 Å². The third-order valence-electron chi connectivity index (χ3n) is 3.76. The lowest BCUT2D eigenvalue weighted by Gasteiger charge is -2.37. The summed E-state index contributed by atoms with van der Waals surface area (Å²) in [6.07, 6.45) is 6.04. The lowest BCUT2D eigenvalue weighted by Crippen LogP contribution is -2.41. The maximum atomic E-state index is 11.1. The van der Waals surface area contributed by atoms with E-state index in [9.17, 15) is 4.79 Å². The maximum Gasteiger partial charge on any atom is 0.131 e. The van der Waals surface area contributed by atoms with Crippen molar-refractivity contribution in [3.63, 3.8) is 0 Å². The molecule has 1 aliphatic rings. The first-order valence-electron chi connectivity index (χ1n) is 6.22. The van der Waals surface area contributed by atoms with Crippen LogP contribution >= 0.6 is 0 Å². The monoisotopic (exact) mass is 211 g/mol. The fraction of sp³-hybridized carbons (Fsp3) is 0.923. The van der Waals surface area contributed by atoms with Crippen LogP contribution in [0.25, 0.3) is 0 Å². The van der Waals surface area contributed by atoms with Gasteiger partial charge in [-0.05, 0) is 39.7 Å². The number of Topliss-reactive ketones (excluding diaryl/α,β-unsaturated/α-hetero) is 1. The number of nitrogens with zero attached hydrogens (tertiary/aromatic N) is 1. The minimum absolute atomic E-state index is 0.304. The largest absolute Gasteiger partial charge is 0.300 e. The van der Waals surface area contributed by atoms with E-state index >= 15 is 0 Å². The molecular formula is C13H25NO. The Morgan fingerprint density at radius 3 is 2.67 bits per heavy atom. The van der Waals surface area contributed by atoms with E-state index in [1.165, 1.54) is 25.7 Å². The lowest BCUT2D eigenvalue weighted by atomic mass is 9.86. The third kappa shape index (κ3) is 3.94. The van der Waals surface area contributed by atoms with E-state index in [-0.39, 0.29) is 0 Å². The first-order valence-corrected chi connectivity index (χ1v) is 6.22. The number of hydrogen-bond acceptors (Lipinski definition) is 2. The van der Waals surface area contributed by atoms with Crippen LogP contribution in [-0.2, 0) is 4.79 Å². The van der Waals surface area contributed by atoms with E-state index < -0.39 is 0 Å². The summed E-state index contributed by atoms with van der Waals surface area (Å²) < 4.78 is 0. The first-order chi connectivity index (χ1) is 7.00. The third-order valence-corrected chi connectivity index (χ3v) is 3.76. The van der Waals surface area contributed by atoms with Gasteiger partial charge in [-0.15, -0.1) is 0 Å². The van der Waals surface area contributed by atoms with Crippen LogP contribution in [-0.4, -0.2) is 29.8 Å². The highest BCUT2D eigenvalue weighted by atomic mass is 16.1. The van der Waals surface area contributed by atoms with Crippen molar-refractivity contribution in [2.24, 2.45) is 5.92 Å². The Morgan fingerprint density at radius 1 is 1.47 bits per heavy atom. The van der Waals surface area contributed by atoms with Crippen molar-refractivity contribution in [2.75, 3.05) is 7.05 Å². The zero-order valence-corrected chi connectivity index (χ0v) is 10.6. The molecule has 0 amide bonds. The van der Waals surface area contributed by atoms with E-state index in [1.807, 2.05) is 0 Å². The minimum Gasteiger partial charge on any atom is -0.300 e. The summed E-state index contributed by atoms with van der Waals surface area (Å²) in [5.74, 6) is 1.16. The molecule has 3 unspecified atom stereocenters. The van der Waals surface area contributed by atoms with Gasteiger partial charge in [0.2, 0.25) is 0 Å². The molecule has 0 aromatic carbocycles. The summed E-state index contributed by atoms with van der Waals surface area (Å²) in [5, 5.41) is 0. The molecule has 2 nitrogen and oxygen atoms in total. The molecule has 3 atom stereocenters. The van der Waals surface area contributed by atoms with Gasteiger partial charge < -0.3 is 4.90 Å². The van der Waals surface area contributed by atoms with Gasteiger partial charge in [-0.3, -0.25) is 4.79 Å². The first kappa shape index (κ1) is 12.7. The minimum atomic E-state index is 0.304. The fourth-order valence-corrected chi connectivity index (χ4v) is 2.69. The van der Waals surface area contributed by atoms with Crippen LogP contribution in [0.5, 0.6) is 0 Å². The molecule has 1 fully saturated rings. The van der Waals surface area contributed by atoms with Crippen molar-refractivity contribution in [1.82, 2.24) is 4.90 Å². The highest BCUT2D eigenvalue weighted by molar-refractivity contribution is 5.76. The number of hydrogen-bond donors (Lipinski definition) is 0. The van der Waals surface area contributed by atoms with E-state index in [0.717, 1.165) is 5.92 Å². The number of rotatable bonds is 4.